The van der Waals surface area contributed by atoms with Crippen LogP contribution >= 0.6 is 0 Å². The minimum atomic E-state index is -0.394. The molecule has 0 aliphatic carbocycles. The van der Waals surface area contributed by atoms with E-state index in [9.17, 15) is 4.79 Å². The van der Waals surface area contributed by atoms with Crippen molar-refractivity contribution in [3.8, 4) is 0 Å². The summed E-state index contributed by atoms with van der Waals surface area (Å²) < 4.78 is 0. The van der Waals surface area contributed by atoms with Crippen LogP contribution in [0.25, 0.3) is 0 Å². The summed E-state index contributed by atoms with van der Waals surface area (Å²) in [4.78, 5) is 16.2. The van der Waals surface area contributed by atoms with Crippen LogP contribution in [-0.2, 0) is 4.79 Å². The average molecular weight is 227 g/mol. The highest BCUT2D eigenvalue weighted by atomic mass is 16.2. The van der Waals surface area contributed by atoms with Crippen molar-refractivity contribution in [3.05, 3.63) is 0 Å². The highest BCUT2D eigenvalue weighted by Crippen LogP contribution is 2.17. The second-order valence-corrected chi connectivity index (χ2v) is 5.15. The molecule has 0 aromatic rings. The first-order chi connectivity index (χ1) is 7.43. The van der Waals surface area contributed by atoms with Crippen LogP contribution in [0.4, 0.5) is 0 Å². The largest absolute Gasteiger partial charge is 0.337 e. The molecule has 2 atom stereocenters. The Labute approximate surface area is 98.8 Å². The van der Waals surface area contributed by atoms with Crippen LogP contribution < -0.4 is 5.73 Å². The standard InChI is InChI=1S/C12H25N3O/c1-9(2)15(12(16)10(3)13)8-11-6-5-7-14(11)4/h9-11H,5-8,13H2,1-4H3/t10-,11-/m0/s1. The zero-order valence-corrected chi connectivity index (χ0v) is 10.9. The van der Waals surface area contributed by atoms with Gasteiger partial charge in [-0.25, -0.2) is 0 Å². The maximum atomic E-state index is 12.0. The second kappa shape index (κ2) is 5.64. The van der Waals surface area contributed by atoms with Crippen molar-refractivity contribution in [2.75, 3.05) is 20.1 Å². The maximum Gasteiger partial charge on any atom is 0.239 e. The molecule has 1 amide bonds. The van der Waals surface area contributed by atoms with E-state index < -0.39 is 6.04 Å². The number of likely N-dealkylation sites (tertiary alicyclic amines) is 1. The number of amides is 1. The van der Waals surface area contributed by atoms with Crippen LogP contribution in [0.1, 0.15) is 33.6 Å². The van der Waals surface area contributed by atoms with E-state index in [-0.39, 0.29) is 11.9 Å². The third-order valence-corrected chi connectivity index (χ3v) is 3.37. The van der Waals surface area contributed by atoms with E-state index in [0.29, 0.717) is 6.04 Å². The third-order valence-electron chi connectivity index (χ3n) is 3.37. The Kier molecular flexibility index (Phi) is 4.74. The minimum absolute atomic E-state index is 0.0651. The summed E-state index contributed by atoms with van der Waals surface area (Å²) >= 11 is 0. The Hall–Kier alpha value is -0.610. The molecule has 1 rings (SSSR count). The molecule has 0 bridgehead atoms. The van der Waals surface area contributed by atoms with E-state index in [2.05, 4.69) is 25.8 Å². The first kappa shape index (κ1) is 13.5. The Bertz CT molecular complexity index is 240. The van der Waals surface area contributed by atoms with Crippen LogP contribution in [0.2, 0.25) is 0 Å². The van der Waals surface area contributed by atoms with Gasteiger partial charge in [0.15, 0.2) is 0 Å². The van der Waals surface area contributed by atoms with Gasteiger partial charge >= 0.3 is 0 Å². The number of carbonyl (C=O) groups is 1. The first-order valence-electron chi connectivity index (χ1n) is 6.19. The smallest absolute Gasteiger partial charge is 0.239 e. The van der Waals surface area contributed by atoms with Crippen molar-refractivity contribution in [2.45, 2.75) is 51.7 Å². The quantitative estimate of drug-likeness (QED) is 0.768. The van der Waals surface area contributed by atoms with E-state index in [1.807, 2.05) is 4.90 Å². The fourth-order valence-corrected chi connectivity index (χ4v) is 2.25. The number of carbonyl (C=O) groups excluding carboxylic acids is 1. The number of nitrogens with two attached hydrogens (primary N) is 1. The topological polar surface area (TPSA) is 49.6 Å². The molecule has 0 unspecified atom stereocenters. The molecule has 1 aliphatic heterocycles. The lowest BCUT2D eigenvalue weighted by molar-refractivity contribution is -0.134. The van der Waals surface area contributed by atoms with Crippen molar-refractivity contribution in [3.63, 3.8) is 0 Å². The Morgan fingerprint density at radius 2 is 2.12 bits per heavy atom. The van der Waals surface area contributed by atoms with Gasteiger partial charge in [0.05, 0.1) is 6.04 Å². The predicted molar refractivity (Wildman–Crippen MR) is 66.2 cm³/mol. The number of hydrogen-bond acceptors (Lipinski definition) is 3. The van der Waals surface area contributed by atoms with Crippen molar-refractivity contribution in [1.82, 2.24) is 9.80 Å². The number of rotatable bonds is 4. The SMILES string of the molecule is CC(C)N(C[C@@H]1CCCN1C)C(=O)[C@H](C)N. The lowest BCUT2D eigenvalue weighted by Crippen LogP contribution is -2.50. The Morgan fingerprint density at radius 3 is 2.50 bits per heavy atom. The van der Waals surface area contributed by atoms with Gasteiger partial charge in [0, 0.05) is 18.6 Å². The van der Waals surface area contributed by atoms with Crippen molar-refractivity contribution in [1.29, 1.82) is 0 Å². The molecule has 4 nitrogen and oxygen atoms in total. The fourth-order valence-electron chi connectivity index (χ4n) is 2.25. The van der Waals surface area contributed by atoms with E-state index in [1.165, 1.54) is 12.8 Å². The van der Waals surface area contributed by atoms with Crippen LogP contribution in [0, 0.1) is 0 Å². The summed E-state index contributed by atoms with van der Waals surface area (Å²) in [7, 11) is 2.13. The van der Waals surface area contributed by atoms with Gasteiger partial charge in [-0.1, -0.05) is 0 Å². The molecule has 1 saturated heterocycles. The molecule has 2 N–H and O–H groups in total. The van der Waals surface area contributed by atoms with Crippen LogP contribution in [0.15, 0.2) is 0 Å². The molecule has 1 heterocycles. The summed E-state index contributed by atoms with van der Waals surface area (Å²) in [6.07, 6.45) is 2.42. The van der Waals surface area contributed by atoms with Crippen LogP contribution in [0.5, 0.6) is 0 Å². The first-order valence-corrected chi connectivity index (χ1v) is 6.19. The maximum absolute atomic E-state index is 12.0. The number of likely N-dealkylation sites (N-methyl/N-ethyl adjacent to an activating group) is 1. The van der Waals surface area contributed by atoms with E-state index >= 15 is 0 Å². The zero-order chi connectivity index (χ0) is 12.3. The summed E-state index contributed by atoms with van der Waals surface area (Å²) in [6, 6.07) is 0.340. The summed E-state index contributed by atoms with van der Waals surface area (Å²) in [5.74, 6) is 0.0651. The molecule has 0 aromatic heterocycles. The molecule has 0 radical (unpaired) electrons. The number of hydrogen-bond donors (Lipinski definition) is 1. The molecule has 1 fully saturated rings. The van der Waals surface area contributed by atoms with Crippen molar-refractivity contribution >= 4 is 5.91 Å². The Morgan fingerprint density at radius 1 is 1.50 bits per heavy atom. The van der Waals surface area contributed by atoms with Gasteiger partial charge in [0.2, 0.25) is 5.91 Å². The van der Waals surface area contributed by atoms with Gasteiger partial charge in [0.25, 0.3) is 0 Å². The molecule has 0 saturated carbocycles. The van der Waals surface area contributed by atoms with Gasteiger partial charge in [-0.05, 0) is 47.2 Å². The summed E-state index contributed by atoms with van der Waals surface area (Å²) in [6.45, 7) is 7.82. The lowest BCUT2D eigenvalue weighted by Gasteiger charge is -2.33. The van der Waals surface area contributed by atoms with Crippen LogP contribution in [-0.4, -0.2) is 54.0 Å². The molecular formula is C12H25N3O. The lowest BCUT2D eigenvalue weighted by atomic mass is 10.1. The molecule has 0 aromatic carbocycles. The van der Waals surface area contributed by atoms with Gasteiger partial charge in [-0.2, -0.15) is 0 Å². The average Bonchev–Trinajstić information content (AvgIpc) is 2.59. The van der Waals surface area contributed by atoms with E-state index in [0.717, 1.165) is 13.1 Å². The monoisotopic (exact) mass is 227 g/mol. The molecule has 0 spiro atoms. The molecule has 94 valence electrons. The predicted octanol–water partition coefficient (Wildman–Crippen LogP) is 0.665. The second-order valence-electron chi connectivity index (χ2n) is 5.15. The van der Waals surface area contributed by atoms with Gasteiger partial charge in [-0.3, -0.25) is 4.79 Å². The fraction of sp³-hybridized carbons (Fsp3) is 0.917. The van der Waals surface area contributed by atoms with Gasteiger partial charge in [-0.15, -0.1) is 0 Å². The third kappa shape index (κ3) is 3.19. The van der Waals surface area contributed by atoms with Crippen LogP contribution in [0.3, 0.4) is 0 Å². The summed E-state index contributed by atoms with van der Waals surface area (Å²) in [5, 5.41) is 0. The summed E-state index contributed by atoms with van der Waals surface area (Å²) in [5.41, 5.74) is 5.68. The zero-order valence-electron chi connectivity index (χ0n) is 10.9. The number of nitrogens with zero attached hydrogens (tertiary/aromatic N) is 2. The molecule has 16 heavy (non-hydrogen) atoms. The Balaban J connectivity index is 2.61. The van der Waals surface area contributed by atoms with Crippen molar-refractivity contribution in [2.24, 2.45) is 5.73 Å². The molecular weight excluding hydrogens is 202 g/mol. The van der Waals surface area contributed by atoms with Crippen molar-refractivity contribution < 1.29 is 4.79 Å². The molecule has 1 aliphatic rings. The van der Waals surface area contributed by atoms with Gasteiger partial charge < -0.3 is 15.5 Å². The highest BCUT2D eigenvalue weighted by Gasteiger charge is 2.28. The van der Waals surface area contributed by atoms with E-state index in [4.69, 9.17) is 5.73 Å². The van der Waals surface area contributed by atoms with E-state index in [1.54, 1.807) is 6.92 Å². The normalized spacial score (nSPS) is 23.8. The minimum Gasteiger partial charge on any atom is -0.337 e. The molecule has 4 heteroatoms. The highest BCUT2D eigenvalue weighted by molar-refractivity contribution is 5.81. The van der Waals surface area contributed by atoms with Gasteiger partial charge in [0.1, 0.15) is 0 Å².